The van der Waals surface area contributed by atoms with Gasteiger partial charge in [-0.1, -0.05) is 5.92 Å². The Labute approximate surface area is 50.8 Å². The number of nitrogens with one attached hydrogen (secondary N) is 1. The first-order valence-corrected chi connectivity index (χ1v) is 2.58. The zero-order valence-corrected chi connectivity index (χ0v) is 5.65. The second kappa shape index (κ2) is 4.63. The SMILES string of the molecule is CC#CCNN(C)C. The molecule has 0 bridgehead atoms. The maximum Gasteiger partial charge on any atom is 0.0714 e. The van der Waals surface area contributed by atoms with Gasteiger partial charge in [0.05, 0.1) is 6.54 Å². The maximum absolute atomic E-state index is 3.01. The van der Waals surface area contributed by atoms with Crippen LogP contribution in [-0.2, 0) is 0 Å². The zero-order chi connectivity index (χ0) is 6.41. The van der Waals surface area contributed by atoms with Crippen LogP contribution in [0.1, 0.15) is 6.92 Å². The Bertz CT molecular complexity index is 96.8. The van der Waals surface area contributed by atoms with Gasteiger partial charge >= 0.3 is 0 Å². The first-order valence-electron chi connectivity index (χ1n) is 2.58. The van der Waals surface area contributed by atoms with E-state index in [4.69, 9.17) is 0 Å². The molecule has 0 unspecified atom stereocenters. The molecule has 0 aromatic carbocycles. The molecule has 1 N–H and O–H groups in total. The summed E-state index contributed by atoms with van der Waals surface area (Å²) in [5.74, 6) is 5.66. The molecule has 0 atom stereocenters. The quantitative estimate of drug-likeness (QED) is 0.402. The molecule has 2 nitrogen and oxygen atoms in total. The molecule has 2 heteroatoms. The minimum atomic E-state index is 0.740. The van der Waals surface area contributed by atoms with E-state index in [0.29, 0.717) is 0 Å². The summed E-state index contributed by atoms with van der Waals surface area (Å²) in [5.41, 5.74) is 3.01. The van der Waals surface area contributed by atoms with Crippen molar-refractivity contribution in [3.05, 3.63) is 0 Å². The highest BCUT2D eigenvalue weighted by Gasteiger charge is 1.78. The summed E-state index contributed by atoms with van der Waals surface area (Å²) < 4.78 is 0. The predicted molar refractivity (Wildman–Crippen MR) is 35.1 cm³/mol. The maximum atomic E-state index is 3.01. The second-order valence-electron chi connectivity index (χ2n) is 1.66. The number of nitrogens with zero attached hydrogens (tertiary/aromatic N) is 1. The van der Waals surface area contributed by atoms with Crippen LogP contribution >= 0.6 is 0 Å². The minimum Gasteiger partial charge on any atom is -0.250 e. The van der Waals surface area contributed by atoms with Crippen molar-refractivity contribution in [2.45, 2.75) is 6.92 Å². The van der Waals surface area contributed by atoms with E-state index < -0.39 is 0 Å². The number of rotatable bonds is 2. The largest absolute Gasteiger partial charge is 0.250 e. The van der Waals surface area contributed by atoms with Crippen LogP contribution in [0.4, 0.5) is 0 Å². The fourth-order valence-corrected chi connectivity index (χ4v) is 0.286. The molecule has 0 spiro atoms. The van der Waals surface area contributed by atoms with Gasteiger partial charge in [0.25, 0.3) is 0 Å². The van der Waals surface area contributed by atoms with E-state index in [0.717, 1.165) is 6.54 Å². The van der Waals surface area contributed by atoms with Crippen molar-refractivity contribution < 1.29 is 0 Å². The van der Waals surface area contributed by atoms with E-state index in [1.54, 1.807) is 0 Å². The average Bonchev–Trinajstić information content (AvgIpc) is 1.66. The summed E-state index contributed by atoms with van der Waals surface area (Å²) in [6.07, 6.45) is 0. The third-order valence-electron chi connectivity index (χ3n) is 0.660. The third kappa shape index (κ3) is 5.48. The van der Waals surface area contributed by atoms with Crippen LogP contribution in [-0.4, -0.2) is 25.6 Å². The zero-order valence-electron chi connectivity index (χ0n) is 5.65. The molecule has 0 saturated heterocycles. The predicted octanol–water partition coefficient (Wildman–Crippen LogP) is 0.0759. The lowest BCUT2D eigenvalue weighted by Gasteiger charge is -2.06. The van der Waals surface area contributed by atoms with Crippen LogP contribution in [0.3, 0.4) is 0 Å². The summed E-state index contributed by atoms with van der Waals surface area (Å²) >= 11 is 0. The molecule has 0 fully saturated rings. The van der Waals surface area contributed by atoms with Crippen LogP contribution in [0.15, 0.2) is 0 Å². The molecule has 0 aromatic heterocycles. The minimum absolute atomic E-state index is 0.740. The van der Waals surface area contributed by atoms with Crippen molar-refractivity contribution in [1.82, 2.24) is 10.4 Å². The standard InChI is InChI=1S/C6H12N2/c1-4-5-6-7-8(2)3/h7H,6H2,1-3H3. The van der Waals surface area contributed by atoms with Crippen LogP contribution in [0, 0.1) is 11.8 Å². The highest BCUT2D eigenvalue weighted by Crippen LogP contribution is 1.59. The smallest absolute Gasteiger partial charge is 0.0714 e. The topological polar surface area (TPSA) is 15.3 Å². The number of hydrazine groups is 1. The lowest BCUT2D eigenvalue weighted by atomic mass is 10.6. The fraction of sp³-hybridized carbons (Fsp3) is 0.667. The van der Waals surface area contributed by atoms with E-state index in [1.807, 2.05) is 26.0 Å². The molecular formula is C6H12N2. The fourth-order valence-electron chi connectivity index (χ4n) is 0.286. The van der Waals surface area contributed by atoms with E-state index in [-0.39, 0.29) is 0 Å². The van der Waals surface area contributed by atoms with Gasteiger partial charge in [-0.15, -0.1) is 5.92 Å². The Hall–Kier alpha value is -0.520. The summed E-state index contributed by atoms with van der Waals surface area (Å²) in [5, 5.41) is 1.88. The molecule has 0 aliphatic heterocycles. The molecule has 46 valence electrons. The average molecular weight is 112 g/mol. The van der Waals surface area contributed by atoms with E-state index >= 15 is 0 Å². The number of hydrogen-bond donors (Lipinski definition) is 1. The first kappa shape index (κ1) is 7.48. The molecule has 0 aliphatic carbocycles. The summed E-state index contributed by atoms with van der Waals surface area (Å²) in [6.45, 7) is 2.57. The Morgan fingerprint density at radius 3 is 2.50 bits per heavy atom. The van der Waals surface area contributed by atoms with E-state index in [2.05, 4.69) is 17.3 Å². The lowest BCUT2D eigenvalue weighted by molar-refractivity contribution is 0.309. The number of hydrogen-bond acceptors (Lipinski definition) is 2. The van der Waals surface area contributed by atoms with Gasteiger partial charge in [-0.2, -0.15) is 0 Å². The monoisotopic (exact) mass is 112 g/mol. The van der Waals surface area contributed by atoms with Crippen LogP contribution < -0.4 is 5.43 Å². The normalized spacial score (nSPS) is 8.50. The molecule has 0 aromatic rings. The van der Waals surface area contributed by atoms with Gasteiger partial charge in [-0.3, -0.25) is 0 Å². The summed E-state index contributed by atoms with van der Waals surface area (Å²) in [7, 11) is 3.88. The van der Waals surface area contributed by atoms with Gasteiger partial charge in [0.1, 0.15) is 0 Å². The molecule has 0 aliphatic rings. The summed E-state index contributed by atoms with van der Waals surface area (Å²) in [4.78, 5) is 0. The van der Waals surface area contributed by atoms with Crippen LogP contribution in [0.5, 0.6) is 0 Å². The molecule has 0 heterocycles. The van der Waals surface area contributed by atoms with Crippen molar-refractivity contribution in [1.29, 1.82) is 0 Å². The van der Waals surface area contributed by atoms with Gasteiger partial charge < -0.3 is 0 Å². The van der Waals surface area contributed by atoms with Crippen LogP contribution in [0.2, 0.25) is 0 Å². The molecule has 8 heavy (non-hydrogen) atoms. The second-order valence-corrected chi connectivity index (χ2v) is 1.66. The van der Waals surface area contributed by atoms with Crippen molar-refractivity contribution in [2.24, 2.45) is 0 Å². The van der Waals surface area contributed by atoms with Crippen molar-refractivity contribution in [3.8, 4) is 11.8 Å². The molecule has 0 rings (SSSR count). The van der Waals surface area contributed by atoms with Gasteiger partial charge in [-0.05, 0) is 6.92 Å². The Kier molecular flexibility index (Phi) is 4.33. The molecular weight excluding hydrogens is 100 g/mol. The van der Waals surface area contributed by atoms with Gasteiger partial charge in [-0.25, -0.2) is 10.4 Å². The molecule has 0 saturated carbocycles. The third-order valence-corrected chi connectivity index (χ3v) is 0.660. The highest BCUT2D eigenvalue weighted by atomic mass is 15.5. The van der Waals surface area contributed by atoms with Gasteiger partial charge in [0.15, 0.2) is 0 Å². The summed E-state index contributed by atoms with van der Waals surface area (Å²) in [6, 6.07) is 0. The van der Waals surface area contributed by atoms with Gasteiger partial charge in [0.2, 0.25) is 0 Å². The Balaban J connectivity index is 3.01. The van der Waals surface area contributed by atoms with Crippen molar-refractivity contribution in [2.75, 3.05) is 20.6 Å². The van der Waals surface area contributed by atoms with Crippen molar-refractivity contribution >= 4 is 0 Å². The Morgan fingerprint density at radius 2 is 2.12 bits per heavy atom. The first-order chi connectivity index (χ1) is 3.77. The van der Waals surface area contributed by atoms with E-state index in [9.17, 15) is 0 Å². The van der Waals surface area contributed by atoms with E-state index in [1.165, 1.54) is 0 Å². The Morgan fingerprint density at radius 1 is 1.50 bits per heavy atom. The highest BCUT2D eigenvalue weighted by molar-refractivity contribution is 4.96. The van der Waals surface area contributed by atoms with Crippen LogP contribution in [0.25, 0.3) is 0 Å². The van der Waals surface area contributed by atoms with Gasteiger partial charge in [0, 0.05) is 14.1 Å². The molecule has 0 amide bonds. The molecule has 0 radical (unpaired) electrons. The van der Waals surface area contributed by atoms with Crippen molar-refractivity contribution in [3.63, 3.8) is 0 Å². The lowest BCUT2D eigenvalue weighted by Crippen LogP contribution is -2.30.